The van der Waals surface area contributed by atoms with Crippen molar-refractivity contribution in [2.45, 2.75) is 25.4 Å². The van der Waals surface area contributed by atoms with Crippen LogP contribution >= 0.6 is 11.6 Å². The van der Waals surface area contributed by atoms with Gasteiger partial charge in [0.15, 0.2) is 5.78 Å². The number of benzene rings is 1. The van der Waals surface area contributed by atoms with Gasteiger partial charge in [0.25, 0.3) is 0 Å². The van der Waals surface area contributed by atoms with Crippen LogP contribution in [0.2, 0.25) is 5.02 Å². The van der Waals surface area contributed by atoms with Gasteiger partial charge in [0, 0.05) is 31.6 Å². The van der Waals surface area contributed by atoms with Crippen molar-refractivity contribution in [2.24, 2.45) is 0 Å². The molecule has 0 unspecified atom stereocenters. The number of ether oxygens (including phenoxy) is 2. The minimum atomic E-state index is -0.860. The maximum Gasteiger partial charge on any atom is 0.159 e. The summed E-state index contributed by atoms with van der Waals surface area (Å²) in [5, 5.41) is 10.6. The molecule has 1 aromatic rings. The van der Waals surface area contributed by atoms with E-state index in [0.29, 0.717) is 42.4 Å². The molecular formula is C14H17ClO4. The van der Waals surface area contributed by atoms with Crippen LogP contribution in [0.5, 0.6) is 5.75 Å². The molecule has 1 fully saturated rings. The van der Waals surface area contributed by atoms with E-state index in [4.69, 9.17) is 21.1 Å². The van der Waals surface area contributed by atoms with E-state index in [1.165, 1.54) is 6.92 Å². The molecule has 0 bridgehead atoms. The van der Waals surface area contributed by atoms with Gasteiger partial charge in [0.05, 0.1) is 5.02 Å². The number of carbonyl (C=O) groups excluding carboxylic acids is 1. The molecule has 5 heteroatoms. The molecule has 0 spiro atoms. The number of hydrogen-bond acceptors (Lipinski definition) is 4. The van der Waals surface area contributed by atoms with Crippen molar-refractivity contribution < 1.29 is 19.4 Å². The van der Waals surface area contributed by atoms with Crippen LogP contribution in [0, 0.1) is 0 Å². The van der Waals surface area contributed by atoms with Gasteiger partial charge in [0.1, 0.15) is 18.0 Å². The second kappa shape index (κ2) is 5.90. The molecule has 19 heavy (non-hydrogen) atoms. The van der Waals surface area contributed by atoms with E-state index in [1.807, 2.05) is 0 Å². The predicted molar refractivity (Wildman–Crippen MR) is 72.0 cm³/mol. The van der Waals surface area contributed by atoms with E-state index in [9.17, 15) is 9.90 Å². The van der Waals surface area contributed by atoms with Crippen molar-refractivity contribution in [3.63, 3.8) is 0 Å². The lowest BCUT2D eigenvalue weighted by molar-refractivity contribution is -0.0855. The van der Waals surface area contributed by atoms with Crippen LogP contribution in [0.4, 0.5) is 0 Å². The fraction of sp³-hybridized carbons (Fsp3) is 0.500. The maximum atomic E-state index is 11.2. The molecule has 0 amide bonds. The van der Waals surface area contributed by atoms with Crippen LogP contribution in [0.15, 0.2) is 18.2 Å². The summed E-state index contributed by atoms with van der Waals surface area (Å²) in [5.41, 5.74) is -0.317. The highest BCUT2D eigenvalue weighted by atomic mass is 35.5. The van der Waals surface area contributed by atoms with Gasteiger partial charge in [-0.05, 0) is 25.1 Å². The zero-order valence-corrected chi connectivity index (χ0v) is 11.6. The highest BCUT2D eigenvalue weighted by molar-refractivity contribution is 6.32. The molecule has 1 heterocycles. The van der Waals surface area contributed by atoms with Crippen molar-refractivity contribution in [1.82, 2.24) is 0 Å². The zero-order chi connectivity index (χ0) is 13.9. The van der Waals surface area contributed by atoms with Crippen LogP contribution in [-0.4, -0.2) is 36.3 Å². The van der Waals surface area contributed by atoms with Crippen LogP contribution < -0.4 is 4.74 Å². The molecule has 0 saturated carbocycles. The number of halogens is 1. The molecule has 0 aromatic heterocycles. The summed E-state index contributed by atoms with van der Waals surface area (Å²) in [6, 6.07) is 4.90. The first-order chi connectivity index (χ1) is 9.00. The van der Waals surface area contributed by atoms with E-state index in [1.54, 1.807) is 18.2 Å². The summed E-state index contributed by atoms with van der Waals surface area (Å²) < 4.78 is 10.8. The normalized spacial score (nSPS) is 18.1. The molecule has 1 aliphatic rings. The van der Waals surface area contributed by atoms with Gasteiger partial charge in [-0.1, -0.05) is 11.6 Å². The summed E-state index contributed by atoms with van der Waals surface area (Å²) in [6.45, 7) is 2.74. The minimum Gasteiger partial charge on any atom is -0.489 e. The molecule has 2 rings (SSSR count). The Morgan fingerprint density at radius 2 is 2.16 bits per heavy atom. The Morgan fingerprint density at radius 3 is 2.74 bits per heavy atom. The van der Waals surface area contributed by atoms with Gasteiger partial charge in [-0.3, -0.25) is 4.79 Å². The van der Waals surface area contributed by atoms with Crippen molar-refractivity contribution >= 4 is 17.4 Å². The Kier molecular flexibility index (Phi) is 4.45. The summed E-state index contributed by atoms with van der Waals surface area (Å²) >= 11 is 6.05. The third-order valence-corrected chi connectivity index (χ3v) is 3.55. The Labute approximate surface area is 117 Å². The maximum absolute atomic E-state index is 11.2. The quantitative estimate of drug-likeness (QED) is 0.863. The SMILES string of the molecule is CC(=O)c1ccc(OCC2(O)CCOCC2)c(Cl)c1. The molecule has 1 saturated heterocycles. The number of carbonyl (C=O) groups is 1. The summed E-state index contributed by atoms with van der Waals surface area (Å²) in [7, 11) is 0. The summed E-state index contributed by atoms with van der Waals surface area (Å²) in [6.07, 6.45) is 1.10. The fourth-order valence-electron chi connectivity index (χ4n) is 1.94. The summed E-state index contributed by atoms with van der Waals surface area (Å²) in [4.78, 5) is 11.2. The number of Topliss-reactive ketones (excluding diaryl/α,β-unsaturated/α-hetero) is 1. The number of rotatable bonds is 4. The number of ketones is 1. The average molecular weight is 285 g/mol. The van der Waals surface area contributed by atoms with Gasteiger partial charge < -0.3 is 14.6 Å². The second-order valence-corrected chi connectivity index (χ2v) is 5.23. The fourth-order valence-corrected chi connectivity index (χ4v) is 2.18. The van der Waals surface area contributed by atoms with Gasteiger partial charge in [-0.15, -0.1) is 0 Å². The Morgan fingerprint density at radius 1 is 1.47 bits per heavy atom. The molecule has 104 valence electrons. The van der Waals surface area contributed by atoms with Gasteiger partial charge >= 0.3 is 0 Å². The number of aliphatic hydroxyl groups is 1. The topological polar surface area (TPSA) is 55.8 Å². The standard InChI is InChI=1S/C14H17ClO4/c1-10(16)11-2-3-13(12(15)8-11)19-9-14(17)4-6-18-7-5-14/h2-3,8,17H,4-7,9H2,1H3. The average Bonchev–Trinajstić information content (AvgIpc) is 2.38. The molecule has 0 aliphatic carbocycles. The molecular weight excluding hydrogens is 268 g/mol. The Balaban J connectivity index is 2.01. The van der Waals surface area contributed by atoms with Crippen LogP contribution in [0.3, 0.4) is 0 Å². The highest BCUT2D eigenvalue weighted by Gasteiger charge is 2.30. The van der Waals surface area contributed by atoms with Gasteiger partial charge in [0.2, 0.25) is 0 Å². The highest BCUT2D eigenvalue weighted by Crippen LogP contribution is 2.28. The van der Waals surface area contributed by atoms with E-state index in [2.05, 4.69) is 0 Å². The van der Waals surface area contributed by atoms with E-state index < -0.39 is 5.60 Å². The van der Waals surface area contributed by atoms with Crippen molar-refractivity contribution in [3.8, 4) is 5.75 Å². The molecule has 0 radical (unpaired) electrons. The third-order valence-electron chi connectivity index (χ3n) is 3.26. The first kappa shape index (κ1) is 14.3. The van der Waals surface area contributed by atoms with Crippen LogP contribution in [0.1, 0.15) is 30.1 Å². The molecule has 1 aromatic carbocycles. The first-order valence-electron chi connectivity index (χ1n) is 6.24. The van der Waals surface area contributed by atoms with E-state index in [0.717, 1.165) is 0 Å². The lowest BCUT2D eigenvalue weighted by Gasteiger charge is -2.31. The first-order valence-corrected chi connectivity index (χ1v) is 6.61. The lowest BCUT2D eigenvalue weighted by Crippen LogP contribution is -2.41. The minimum absolute atomic E-state index is 0.0449. The Bertz CT molecular complexity index is 467. The third kappa shape index (κ3) is 3.69. The van der Waals surface area contributed by atoms with Gasteiger partial charge in [-0.25, -0.2) is 0 Å². The van der Waals surface area contributed by atoms with E-state index in [-0.39, 0.29) is 12.4 Å². The summed E-state index contributed by atoms with van der Waals surface area (Å²) in [5.74, 6) is 0.433. The second-order valence-electron chi connectivity index (χ2n) is 4.83. The molecule has 1 aliphatic heterocycles. The largest absolute Gasteiger partial charge is 0.489 e. The Hall–Kier alpha value is -1.10. The van der Waals surface area contributed by atoms with Crippen molar-refractivity contribution in [1.29, 1.82) is 0 Å². The number of hydrogen-bond donors (Lipinski definition) is 1. The van der Waals surface area contributed by atoms with E-state index >= 15 is 0 Å². The molecule has 4 nitrogen and oxygen atoms in total. The van der Waals surface area contributed by atoms with Crippen LogP contribution in [-0.2, 0) is 4.74 Å². The molecule has 1 N–H and O–H groups in total. The van der Waals surface area contributed by atoms with Crippen molar-refractivity contribution in [2.75, 3.05) is 19.8 Å². The monoisotopic (exact) mass is 284 g/mol. The van der Waals surface area contributed by atoms with Crippen molar-refractivity contribution in [3.05, 3.63) is 28.8 Å². The molecule has 0 atom stereocenters. The lowest BCUT2D eigenvalue weighted by atomic mass is 9.96. The zero-order valence-electron chi connectivity index (χ0n) is 10.8. The predicted octanol–water partition coefficient (Wildman–Crippen LogP) is 2.46. The smallest absolute Gasteiger partial charge is 0.159 e. The van der Waals surface area contributed by atoms with Gasteiger partial charge in [-0.2, -0.15) is 0 Å². The van der Waals surface area contributed by atoms with Crippen LogP contribution in [0.25, 0.3) is 0 Å².